The van der Waals surface area contributed by atoms with E-state index in [1.54, 1.807) is 45.0 Å². The van der Waals surface area contributed by atoms with E-state index in [1.165, 1.54) is 4.90 Å². The van der Waals surface area contributed by atoms with Gasteiger partial charge < -0.3 is 20.1 Å². The molecule has 3 amide bonds. The molecule has 0 radical (unpaired) electrons. The van der Waals surface area contributed by atoms with Crippen molar-refractivity contribution < 1.29 is 24.2 Å². The molecule has 1 saturated heterocycles. The molecule has 2 N–H and O–H groups in total. The number of benzene rings is 1. The number of carboxylic acids is 1. The minimum atomic E-state index is -1.18. The van der Waals surface area contributed by atoms with Crippen LogP contribution in [-0.4, -0.2) is 64.3 Å². The first-order valence-corrected chi connectivity index (χ1v) is 8.01. The van der Waals surface area contributed by atoms with Gasteiger partial charge in [-0.15, -0.1) is 0 Å². The van der Waals surface area contributed by atoms with E-state index < -0.39 is 29.7 Å². The molecule has 1 atom stereocenters. The van der Waals surface area contributed by atoms with E-state index in [1.807, 2.05) is 6.07 Å². The Morgan fingerprint density at radius 2 is 1.80 bits per heavy atom. The maximum Gasteiger partial charge on any atom is 0.411 e. The predicted molar refractivity (Wildman–Crippen MR) is 91.4 cm³/mol. The zero-order valence-corrected chi connectivity index (χ0v) is 14.6. The Bertz CT molecular complexity index is 641. The third kappa shape index (κ3) is 5.10. The Kier molecular flexibility index (Phi) is 5.51. The van der Waals surface area contributed by atoms with Gasteiger partial charge in [0.05, 0.1) is 6.54 Å². The van der Waals surface area contributed by atoms with Crippen LogP contribution in [0, 0.1) is 0 Å². The highest BCUT2D eigenvalue weighted by atomic mass is 16.6. The van der Waals surface area contributed by atoms with E-state index in [-0.39, 0.29) is 19.6 Å². The number of carbonyl (C=O) groups is 3. The fourth-order valence-corrected chi connectivity index (χ4v) is 2.44. The summed E-state index contributed by atoms with van der Waals surface area (Å²) < 4.78 is 5.25. The monoisotopic (exact) mass is 349 g/mol. The highest BCUT2D eigenvalue weighted by Crippen LogP contribution is 2.17. The van der Waals surface area contributed by atoms with E-state index in [4.69, 9.17) is 4.74 Å². The van der Waals surface area contributed by atoms with Crippen molar-refractivity contribution in [1.82, 2.24) is 9.80 Å². The van der Waals surface area contributed by atoms with E-state index >= 15 is 0 Å². The van der Waals surface area contributed by atoms with Crippen LogP contribution in [0.15, 0.2) is 30.3 Å². The van der Waals surface area contributed by atoms with E-state index in [2.05, 4.69) is 5.32 Å². The summed E-state index contributed by atoms with van der Waals surface area (Å²) in [4.78, 5) is 38.6. The summed E-state index contributed by atoms with van der Waals surface area (Å²) in [5.41, 5.74) is -0.101. The number of para-hydroxylation sites is 1. The number of piperazine rings is 1. The summed E-state index contributed by atoms with van der Waals surface area (Å²) in [6.45, 7) is 5.35. The molecule has 0 bridgehead atoms. The number of carboxylic acid groups (broad SMARTS) is 1. The Hall–Kier alpha value is -2.77. The molecular weight excluding hydrogens is 326 g/mol. The lowest BCUT2D eigenvalue weighted by molar-refractivity contribution is -0.144. The molecule has 1 unspecified atom stereocenters. The average Bonchev–Trinajstić information content (AvgIpc) is 2.53. The number of hydrogen-bond acceptors (Lipinski definition) is 4. The number of aliphatic carboxylic acids is 1. The highest BCUT2D eigenvalue weighted by Gasteiger charge is 2.39. The van der Waals surface area contributed by atoms with Crippen LogP contribution in [0.3, 0.4) is 0 Å². The van der Waals surface area contributed by atoms with Crippen LogP contribution in [0.1, 0.15) is 20.8 Å². The summed E-state index contributed by atoms with van der Waals surface area (Å²) in [5.74, 6) is -1.18. The first kappa shape index (κ1) is 18.6. The number of rotatable bonds is 2. The molecule has 1 aromatic carbocycles. The van der Waals surface area contributed by atoms with Crippen molar-refractivity contribution in [2.75, 3.05) is 25.0 Å². The molecule has 8 nitrogen and oxygen atoms in total. The summed E-state index contributed by atoms with van der Waals surface area (Å²) in [5, 5.41) is 12.2. The third-order valence-electron chi connectivity index (χ3n) is 3.61. The fourth-order valence-electron chi connectivity index (χ4n) is 2.44. The average molecular weight is 349 g/mol. The lowest BCUT2D eigenvalue weighted by Crippen LogP contribution is -2.60. The standard InChI is InChI=1S/C17H23N3O5/c1-17(2,3)25-16(24)20-10-9-19(11-13(20)14(21)22)15(23)18-12-7-5-4-6-8-12/h4-8,13H,9-11H2,1-3H3,(H,18,23)(H,21,22). The quantitative estimate of drug-likeness (QED) is 0.853. The summed E-state index contributed by atoms with van der Waals surface area (Å²) in [6.07, 6.45) is -0.692. The van der Waals surface area contributed by atoms with Crippen molar-refractivity contribution in [1.29, 1.82) is 0 Å². The van der Waals surface area contributed by atoms with Crippen molar-refractivity contribution in [2.45, 2.75) is 32.4 Å². The van der Waals surface area contributed by atoms with Crippen molar-refractivity contribution >= 4 is 23.8 Å². The van der Waals surface area contributed by atoms with Gasteiger partial charge >= 0.3 is 18.1 Å². The van der Waals surface area contributed by atoms with Crippen LogP contribution in [0.5, 0.6) is 0 Å². The summed E-state index contributed by atoms with van der Waals surface area (Å²) in [7, 11) is 0. The second-order valence-corrected chi connectivity index (χ2v) is 6.77. The topological polar surface area (TPSA) is 99.2 Å². The molecule has 0 spiro atoms. The molecule has 1 aliphatic heterocycles. The largest absolute Gasteiger partial charge is 0.480 e. The smallest absolute Gasteiger partial charge is 0.411 e. The molecule has 1 aliphatic rings. The first-order chi connectivity index (χ1) is 11.7. The zero-order valence-electron chi connectivity index (χ0n) is 14.6. The van der Waals surface area contributed by atoms with Crippen LogP contribution >= 0.6 is 0 Å². The number of urea groups is 1. The number of amides is 3. The maximum absolute atomic E-state index is 12.3. The molecule has 2 rings (SSSR count). The van der Waals surface area contributed by atoms with Crippen molar-refractivity contribution in [3.8, 4) is 0 Å². The molecule has 1 aromatic rings. The van der Waals surface area contributed by atoms with Gasteiger partial charge in [-0.25, -0.2) is 14.4 Å². The lowest BCUT2D eigenvalue weighted by Gasteiger charge is -2.39. The first-order valence-electron chi connectivity index (χ1n) is 8.01. The second-order valence-electron chi connectivity index (χ2n) is 6.77. The van der Waals surface area contributed by atoms with Crippen LogP contribution in [-0.2, 0) is 9.53 Å². The van der Waals surface area contributed by atoms with Crippen LogP contribution in [0.25, 0.3) is 0 Å². The third-order valence-corrected chi connectivity index (χ3v) is 3.61. The minimum absolute atomic E-state index is 0.0914. The van der Waals surface area contributed by atoms with Crippen molar-refractivity contribution in [3.63, 3.8) is 0 Å². The zero-order chi connectivity index (χ0) is 18.6. The molecule has 0 saturated carbocycles. The molecule has 8 heteroatoms. The van der Waals surface area contributed by atoms with Crippen molar-refractivity contribution in [3.05, 3.63) is 30.3 Å². The van der Waals surface area contributed by atoms with Gasteiger partial charge in [0.1, 0.15) is 5.60 Å². The maximum atomic E-state index is 12.3. The van der Waals surface area contributed by atoms with Crippen molar-refractivity contribution in [2.24, 2.45) is 0 Å². The van der Waals surface area contributed by atoms with Crippen LogP contribution in [0.2, 0.25) is 0 Å². The number of hydrogen-bond donors (Lipinski definition) is 2. The van der Waals surface area contributed by atoms with E-state index in [0.29, 0.717) is 5.69 Å². The van der Waals surface area contributed by atoms with E-state index in [0.717, 1.165) is 4.90 Å². The molecule has 0 aliphatic carbocycles. The molecule has 0 aromatic heterocycles. The minimum Gasteiger partial charge on any atom is -0.480 e. The second kappa shape index (κ2) is 7.42. The Balaban J connectivity index is 2.04. The van der Waals surface area contributed by atoms with Gasteiger partial charge in [0.25, 0.3) is 0 Å². The number of ether oxygens (including phenoxy) is 1. The lowest BCUT2D eigenvalue weighted by atomic mass is 10.1. The van der Waals surface area contributed by atoms with Crippen LogP contribution < -0.4 is 5.32 Å². The van der Waals surface area contributed by atoms with Gasteiger partial charge in [-0.2, -0.15) is 0 Å². The number of anilines is 1. The molecule has 136 valence electrons. The Labute approximate surface area is 146 Å². The van der Waals surface area contributed by atoms with Gasteiger partial charge in [-0.1, -0.05) is 18.2 Å². The highest BCUT2D eigenvalue weighted by molar-refractivity contribution is 5.90. The van der Waals surface area contributed by atoms with Gasteiger partial charge in [0.15, 0.2) is 6.04 Å². The molecular formula is C17H23N3O5. The van der Waals surface area contributed by atoms with E-state index in [9.17, 15) is 19.5 Å². The van der Waals surface area contributed by atoms with Gasteiger partial charge in [-0.05, 0) is 32.9 Å². The van der Waals surface area contributed by atoms with Gasteiger partial charge in [-0.3, -0.25) is 4.90 Å². The summed E-state index contributed by atoms with van der Waals surface area (Å²) >= 11 is 0. The molecule has 1 fully saturated rings. The number of nitrogens with zero attached hydrogens (tertiary/aromatic N) is 2. The summed E-state index contributed by atoms with van der Waals surface area (Å²) in [6, 6.07) is 7.33. The van der Waals surface area contributed by atoms with Crippen LogP contribution in [0.4, 0.5) is 15.3 Å². The predicted octanol–water partition coefficient (Wildman–Crippen LogP) is 2.22. The fraction of sp³-hybridized carbons (Fsp3) is 0.471. The number of carbonyl (C=O) groups excluding carboxylic acids is 2. The SMILES string of the molecule is CC(C)(C)OC(=O)N1CCN(C(=O)Nc2ccccc2)CC1C(=O)O. The van der Waals surface area contributed by atoms with Gasteiger partial charge in [0.2, 0.25) is 0 Å². The number of nitrogens with one attached hydrogen (secondary N) is 1. The normalized spacial score (nSPS) is 17.8. The Morgan fingerprint density at radius 1 is 1.16 bits per heavy atom. The van der Waals surface area contributed by atoms with Gasteiger partial charge in [0, 0.05) is 18.8 Å². The molecule has 25 heavy (non-hydrogen) atoms. The molecule has 1 heterocycles. The Morgan fingerprint density at radius 3 is 2.36 bits per heavy atom.